The average Bonchev–Trinajstić information content (AvgIpc) is 2.59. The number of benzene rings is 3. The van der Waals surface area contributed by atoms with Crippen LogP contribution in [0.25, 0.3) is 0 Å². The van der Waals surface area contributed by atoms with E-state index in [0.29, 0.717) is 5.06 Å². The highest BCUT2D eigenvalue weighted by atomic mass is 32.3. The van der Waals surface area contributed by atoms with Crippen molar-refractivity contribution in [1.82, 2.24) is 0 Å². The molecule has 1 radical (unpaired) electrons. The molecule has 157 valence electrons. The van der Waals surface area contributed by atoms with Crippen molar-refractivity contribution >= 4 is 21.9 Å². The summed E-state index contributed by atoms with van der Waals surface area (Å²) in [7, 11) is -4.00. The Bertz CT molecular complexity index is 1030. The molecular formula is C25H30NO3S+2. The SMILES string of the molecule is Cc1ccc([S+]([O])(=O)O[NH+](c2c(C)cc(C)cc2C)c2c(C)cc(C)cc2C)cc1. The zero-order valence-corrected chi connectivity index (χ0v) is 19.6. The molecule has 3 aromatic rings. The Morgan fingerprint density at radius 1 is 0.633 bits per heavy atom. The molecule has 0 heterocycles. The molecule has 1 N–H and O–H groups in total. The molecule has 4 nitrogen and oxygen atoms in total. The normalized spacial score (nSPS) is 13.5. The van der Waals surface area contributed by atoms with Gasteiger partial charge in [-0.15, -0.1) is 0 Å². The van der Waals surface area contributed by atoms with Crippen LogP contribution < -0.4 is 5.06 Å². The fourth-order valence-corrected chi connectivity index (χ4v) is 5.10. The minimum atomic E-state index is -4.00. The van der Waals surface area contributed by atoms with E-state index in [1.165, 1.54) is 0 Å². The minimum absolute atomic E-state index is 0.149. The fraction of sp³-hybridized carbons (Fsp3) is 0.280. The summed E-state index contributed by atoms with van der Waals surface area (Å²) in [5.41, 5.74) is 8.86. The van der Waals surface area contributed by atoms with Crippen LogP contribution in [0, 0.1) is 48.5 Å². The van der Waals surface area contributed by atoms with Gasteiger partial charge in [-0.25, -0.2) is 0 Å². The van der Waals surface area contributed by atoms with Crippen molar-refractivity contribution in [3.8, 4) is 0 Å². The lowest BCUT2D eigenvalue weighted by molar-refractivity contribution is -0.953. The number of quaternary nitrogens is 1. The molecule has 0 fully saturated rings. The van der Waals surface area contributed by atoms with Crippen molar-refractivity contribution < 1.29 is 18.1 Å². The van der Waals surface area contributed by atoms with Crippen LogP contribution in [0.5, 0.6) is 0 Å². The molecule has 0 spiro atoms. The van der Waals surface area contributed by atoms with Gasteiger partial charge in [-0.05, 0) is 52.7 Å². The molecule has 0 aliphatic rings. The van der Waals surface area contributed by atoms with E-state index in [1.807, 2.05) is 48.5 Å². The molecule has 5 heteroatoms. The summed E-state index contributed by atoms with van der Waals surface area (Å²) in [6, 6.07) is 15.0. The second-order valence-electron chi connectivity index (χ2n) is 8.23. The zero-order chi connectivity index (χ0) is 22.2. The summed E-state index contributed by atoms with van der Waals surface area (Å²) in [6.45, 7) is 14.0. The standard InChI is InChI=1S/C25H29NO3S/c1-16-8-10-23(11-9-16)30(27,28)29-26(24-19(4)12-17(2)13-20(24)5)25-21(6)14-18(3)15-22(25)7/h8-15H,1-7H3/q+1/p+1. The predicted molar refractivity (Wildman–Crippen MR) is 121 cm³/mol. The quantitative estimate of drug-likeness (QED) is 0.438. The van der Waals surface area contributed by atoms with Crippen molar-refractivity contribution in [3.05, 3.63) is 87.5 Å². The molecule has 0 aliphatic carbocycles. The average molecular weight is 425 g/mol. The van der Waals surface area contributed by atoms with E-state index in [0.717, 1.165) is 50.3 Å². The zero-order valence-electron chi connectivity index (χ0n) is 18.8. The minimum Gasteiger partial charge on any atom is -0.0719 e. The summed E-state index contributed by atoms with van der Waals surface area (Å²) in [6.07, 6.45) is 0. The Morgan fingerprint density at radius 2 is 1.00 bits per heavy atom. The molecule has 30 heavy (non-hydrogen) atoms. The van der Waals surface area contributed by atoms with Crippen LogP contribution in [0.3, 0.4) is 0 Å². The lowest BCUT2D eigenvalue weighted by Crippen LogP contribution is -3.02. The van der Waals surface area contributed by atoms with Gasteiger partial charge < -0.3 is 0 Å². The maximum atomic E-state index is 13.2. The lowest BCUT2D eigenvalue weighted by atomic mass is 10.0. The first kappa shape index (κ1) is 22.4. The van der Waals surface area contributed by atoms with Crippen LogP contribution in [0.1, 0.15) is 38.9 Å². The van der Waals surface area contributed by atoms with E-state index in [9.17, 15) is 8.76 Å². The third kappa shape index (κ3) is 4.55. The van der Waals surface area contributed by atoms with E-state index >= 15 is 0 Å². The topological polar surface area (TPSA) is 50.6 Å². The van der Waals surface area contributed by atoms with Gasteiger partial charge in [0.05, 0.1) is 8.84 Å². The summed E-state index contributed by atoms with van der Waals surface area (Å²) in [4.78, 5) is 0.149. The van der Waals surface area contributed by atoms with Crippen LogP contribution in [0.15, 0.2) is 53.4 Å². The molecule has 1 unspecified atom stereocenters. The first-order valence-electron chi connectivity index (χ1n) is 10.0. The molecule has 0 aliphatic heterocycles. The van der Waals surface area contributed by atoms with Gasteiger partial charge in [0, 0.05) is 34.4 Å². The molecule has 0 saturated carbocycles. The van der Waals surface area contributed by atoms with Crippen molar-refractivity contribution in [2.45, 2.75) is 53.4 Å². The number of aryl methyl sites for hydroxylation is 7. The Morgan fingerprint density at radius 3 is 1.37 bits per heavy atom. The second kappa shape index (κ2) is 8.44. The number of hydrogen-bond donors (Lipinski definition) is 1. The van der Waals surface area contributed by atoms with Crippen molar-refractivity contribution in [1.29, 1.82) is 0 Å². The number of hydrogen-bond acceptors (Lipinski definition) is 2. The molecule has 0 amide bonds. The van der Waals surface area contributed by atoms with Gasteiger partial charge in [0.15, 0.2) is 11.4 Å². The van der Waals surface area contributed by atoms with E-state index in [-0.39, 0.29) is 4.90 Å². The lowest BCUT2D eigenvalue weighted by Gasteiger charge is -2.20. The van der Waals surface area contributed by atoms with Gasteiger partial charge in [-0.2, -0.15) is 0 Å². The van der Waals surface area contributed by atoms with Crippen LogP contribution >= 0.6 is 0 Å². The summed E-state index contributed by atoms with van der Waals surface area (Å²) in [5, 5.41) is 0.389. The number of nitrogens with one attached hydrogen (secondary N) is 1. The monoisotopic (exact) mass is 424 g/mol. The van der Waals surface area contributed by atoms with Crippen molar-refractivity contribution in [2.75, 3.05) is 0 Å². The van der Waals surface area contributed by atoms with E-state index in [2.05, 4.69) is 24.3 Å². The molecule has 0 saturated heterocycles. The Balaban J connectivity index is 2.21. The third-order valence-corrected chi connectivity index (χ3v) is 6.55. The molecular weight excluding hydrogens is 394 g/mol. The predicted octanol–water partition coefficient (Wildman–Crippen LogP) is 5.44. The van der Waals surface area contributed by atoms with Crippen molar-refractivity contribution in [3.63, 3.8) is 0 Å². The van der Waals surface area contributed by atoms with Crippen LogP contribution in [-0.2, 0) is 23.5 Å². The highest BCUT2D eigenvalue weighted by molar-refractivity contribution is 7.92. The van der Waals surface area contributed by atoms with Crippen LogP contribution in [0.2, 0.25) is 0 Å². The first-order valence-corrected chi connectivity index (χ1v) is 11.4. The second-order valence-corrected chi connectivity index (χ2v) is 9.77. The van der Waals surface area contributed by atoms with Gasteiger partial charge in [-0.1, -0.05) is 58.2 Å². The van der Waals surface area contributed by atoms with Crippen LogP contribution in [0.4, 0.5) is 11.4 Å². The molecule has 3 aromatic carbocycles. The molecule has 3 rings (SSSR count). The summed E-state index contributed by atoms with van der Waals surface area (Å²) < 4.78 is 32.4. The van der Waals surface area contributed by atoms with Crippen molar-refractivity contribution in [2.24, 2.45) is 0 Å². The van der Waals surface area contributed by atoms with Gasteiger partial charge in [0.2, 0.25) is 4.90 Å². The Labute approximate surface area is 180 Å². The maximum absolute atomic E-state index is 13.2. The summed E-state index contributed by atoms with van der Waals surface area (Å²) >= 11 is 0. The van der Waals surface area contributed by atoms with Gasteiger partial charge in [-0.3, -0.25) is 0 Å². The van der Waals surface area contributed by atoms with E-state index in [4.69, 9.17) is 4.28 Å². The van der Waals surface area contributed by atoms with E-state index in [1.54, 1.807) is 24.3 Å². The third-order valence-electron chi connectivity index (χ3n) is 5.31. The van der Waals surface area contributed by atoms with Gasteiger partial charge in [0.25, 0.3) is 0 Å². The highest BCUT2D eigenvalue weighted by Gasteiger charge is 2.45. The maximum Gasteiger partial charge on any atom is 0.483 e. The Kier molecular flexibility index (Phi) is 6.29. The smallest absolute Gasteiger partial charge is 0.0719 e. The van der Waals surface area contributed by atoms with Gasteiger partial charge >= 0.3 is 10.5 Å². The number of rotatable bonds is 5. The molecule has 0 bridgehead atoms. The fourth-order valence-electron chi connectivity index (χ4n) is 4.15. The van der Waals surface area contributed by atoms with Crippen LogP contribution in [-0.4, -0.2) is 0 Å². The Hall–Kier alpha value is -2.31. The molecule has 0 aromatic heterocycles. The van der Waals surface area contributed by atoms with Gasteiger partial charge in [0.1, 0.15) is 0 Å². The molecule has 1 atom stereocenters. The summed E-state index contributed by atoms with van der Waals surface area (Å²) in [5.74, 6) is 0. The first-order chi connectivity index (χ1) is 14.0. The highest BCUT2D eigenvalue weighted by Crippen LogP contribution is 2.27. The largest absolute Gasteiger partial charge is 0.483 e. The van der Waals surface area contributed by atoms with E-state index < -0.39 is 10.5 Å².